The van der Waals surface area contributed by atoms with Crippen molar-refractivity contribution in [2.75, 3.05) is 26.7 Å². The first-order valence-electron chi connectivity index (χ1n) is 7.45. The van der Waals surface area contributed by atoms with Crippen molar-refractivity contribution in [2.45, 2.75) is 18.9 Å². The molecule has 3 atom stereocenters. The molecule has 20 heavy (non-hydrogen) atoms. The molecule has 1 unspecified atom stereocenters. The Morgan fingerprint density at radius 3 is 2.45 bits per heavy atom. The Bertz CT molecular complexity index is 454. The van der Waals surface area contributed by atoms with Crippen LogP contribution < -0.4 is 4.74 Å². The third-order valence-electron chi connectivity index (χ3n) is 4.59. The van der Waals surface area contributed by atoms with Crippen LogP contribution in [0.1, 0.15) is 18.4 Å². The number of aliphatic hydroxyl groups excluding tert-OH is 1. The first-order chi connectivity index (χ1) is 9.74. The zero-order chi connectivity index (χ0) is 13.9. The summed E-state index contributed by atoms with van der Waals surface area (Å²) in [6.07, 6.45) is 6.37. The highest BCUT2D eigenvalue weighted by Gasteiger charge is 2.39. The Morgan fingerprint density at radius 1 is 1.20 bits per heavy atom. The fourth-order valence-electron chi connectivity index (χ4n) is 3.57. The molecular formula is C17H23NO2. The van der Waals surface area contributed by atoms with Crippen molar-refractivity contribution < 1.29 is 9.84 Å². The summed E-state index contributed by atoms with van der Waals surface area (Å²) in [6.45, 7) is 3.30. The van der Waals surface area contributed by atoms with Gasteiger partial charge in [0.05, 0.1) is 13.2 Å². The van der Waals surface area contributed by atoms with Gasteiger partial charge in [-0.1, -0.05) is 24.3 Å². The average molecular weight is 273 g/mol. The molecular weight excluding hydrogens is 250 g/mol. The molecule has 0 amide bonds. The number of fused-ring (bicyclic) bond motifs is 1. The molecule has 2 fully saturated rings. The van der Waals surface area contributed by atoms with E-state index in [-0.39, 0.29) is 6.10 Å². The number of likely N-dealkylation sites (tertiary alicyclic amines) is 1. The van der Waals surface area contributed by atoms with Crippen LogP contribution in [0.25, 0.3) is 6.08 Å². The first-order valence-corrected chi connectivity index (χ1v) is 7.45. The molecule has 2 aliphatic rings. The van der Waals surface area contributed by atoms with Gasteiger partial charge in [0.2, 0.25) is 0 Å². The second-order valence-electron chi connectivity index (χ2n) is 6.04. The summed E-state index contributed by atoms with van der Waals surface area (Å²) in [5, 5.41) is 9.65. The molecule has 1 aliphatic heterocycles. The van der Waals surface area contributed by atoms with Crippen molar-refractivity contribution in [3.05, 3.63) is 35.9 Å². The van der Waals surface area contributed by atoms with Crippen LogP contribution in [-0.4, -0.2) is 42.9 Å². The van der Waals surface area contributed by atoms with Crippen LogP contribution in [-0.2, 0) is 0 Å². The highest BCUT2D eigenvalue weighted by atomic mass is 16.5. The normalized spacial score (nSPS) is 30.0. The lowest BCUT2D eigenvalue weighted by molar-refractivity contribution is 0.164. The number of nitrogens with zero attached hydrogens (tertiary/aromatic N) is 1. The topological polar surface area (TPSA) is 32.7 Å². The number of hydrogen-bond donors (Lipinski definition) is 1. The van der Waals surface area contributed by atoms with E-state index in [1.165, 1.54) is 5.56 Å². The predicted octanol–water partition coefficient (Wildman–Crippen LogP) is 2.41. The van der Waals surface area contributed by atoms with Crippen LogP contribution in [0.2, 0.25) is 0 Å². The van der Waals surface area contributed by atoms with E-state index in [0.29, 0.717) is 0 Å². The van der Waals surface area contributed by atoms with E-state index in [9.17, 15) is 5.11 Å². The summed E-state index contributed by atoms with van der Waals surface area (Å²) in [4.78, 5) is 2.50. The van der Waals surface area contributed by atoms with E-state index in [1.54, 1.807) is 7.11 Å². The molecule has 108 valence electrons. The van der Waals surface area contributed by atoms with Gasteiger partial charge in [-0.25, -0.2) is 0 Å². The van der Waals surface area contributed by atoms with Crippen molar-refractivity contribution in [3.63, 3.8) is 0 Å². The van der Waals surface area contributed by atoms with Crippen LogP contribution in [0.3, 0.4) is 0 Å². The largest absolute Gasteiger partial charge is 0.497 e. The summed E-state index contributed by atoms with van der Waals surface area (Å²) in [7, 11) is 1.69. The molecule has 3 heteroatoms. The number of hydrogen-bond acceptors (Lipinski definition) is 3. The van der Waals surface area contributed by atoms with Gasteiger partial charge in [0.15, 0.2) is 0 Å². The fourth-order valence-corrected chi connectivity index (χ4v) is 3.57. The third kappa shape index (κ3) is 3.05. The van der Waals surface area contributed by atoms with E-state index in [1.807, 2.05) is 12.1 Å². The molecule has 3 nitrogen and oxygen atoms in total. The summed E-state index contributed by atoms with van der Waals surface area (Å²) in [5.41, 5.74) is 1.21. The van der Waals surface area contributed by atoms with Gasteiger partial charge in [0.25, 0.3) is 0 Å². The van der Waals surface area contributed by atoms with Gasteiger partial charge in [0.1, 0.15) is 5.75 Å². The maximum atomic E-state index is 9.65. The summed E-state index contributed by atoms with van der Waals surface area (Å²) in [6, 6.07) is 8.12. The standard InChI is InChI=1S/C17H23NO2/c1-20-17-6-4-13(5-7-17)3-2-8-18-11-14-9-16(19)10-15(14)12-18/h2-7,14-16,19H,8-12H2,1H3/b3-2+/t14-,15+,16?. The molecule has 0 bridgehead atoms. The van der Waals surface area contributed by atoms with E-state index < -0.39 is 0 Å². The molecule has 1 heterocycles. The fraction of sp³-hybridized carbons (Fsp3) is 0.529. The summed E-state index contributed by atoms with van der Waals surface area (Å²) in [5.74, 6) is 2.34. The van der Waals surface area contributed by atoms with E-state index in [2.05, 4.69) is 29.2 Å². The van der Waals surface area contributed by atoms with Crippen molar-refractivity contribution >= 4 is 6.08 Å². The Kier molecular flexibility index (Phi) is 4.08. The first kappa shape index (κ1) is 13.7. The van der Waals surface area contributed by atoms with Crippen LogP contribution in [0.4, 0.5) is 0 Å². The smallest absolute Gasteiger partial charge is 0.118 e. The molecule has 3 rings (SSSR count). The molecule has 1 N–H and O–H groups in total. The highest BCUT2D eigenvalue weighted by Crippen LogP contribution is 2.37. The number of rotatable bonds is 4. The zero-order valence-corrected chi connectivity index (χ0v) is 12.0. The minimum atomic E-state index is -0.0398. The van der Waals surface area contributed by atoms with Crippen LogP contribution in [0.5, 0.6) is 5.75 Å². The van der Waals surface area contributed by atoms with Gasteiger partial charge < -0.3 is 9.84 Å². The van der Waals surface area contributed by atoms with Gasteiger partial charge in [-0.15, -0.1) is 0 Å². The second-order valence-corrected chi connectivity index (χ2v) is 6.04. The second kappa shape index (κ2) is 5.98. The van der Waals surface area contributed by atoms with E-state index in [0.717, 1.165) is 50.1 Å². The maximum Gasteiger partial charge on any atom is 0.118 e. The Hall–Kier alpha value is -1.32. The van der Waals surface area contributed by atoms with Crippen molar-refractivity contribution in [3.8, 4) is 5.75 Å². The molecule has 1 aromatic carbocycles. The minimum absolute atomic E-state index is 0.0398. The third-order valence-corrected chi connectivity index (χ3v) is 4.59. The SMILES string of the molecule is COc1ccc(/C=C/CN2C[C@H]3CC(O)C[C@H]3C2)cc1. The van der Waals surface area contributed by atoms with E-state index in [4.69, 9.17) is 4.74 Å². The Morgan fingerprint density at radius 2 is 1.85 bits per heavy atom. The van der Waals surface area contributed by atoms with Gasteiger partial charge >= 0.3 is 0 Å². The highest BCUT2D eigenvalue weighted by molar-refractivity contribution is 5.50. The van der Waals surface area contributed by atoms with E-state index >= 15 is 0 Å². The summed E-state index contributed by atoms with van der Waals surface area (Å²) < 4.78 is 5.15. The number of methoxy groups -OCH3 is 1. The molecule has 0 spiro atoms. The lowest BCUT2D eigenvalue weighted by Gasteiger charge is -2.15. The lowest BCUT2D eigenvalue weighted by Crippen LogP contribution is -2.23. The maximum absolute atomic E-state index is 9.65. The monoisotopic (exact) mass is 273 g/mol. The molecule has 0 aromatic heterocycles. The van der Waals surface area contributed by atoms with Crippen LogP contribution in [0.15, 0.2) is 30.3 Å². The molecule has 1 aromatic rings. The molecule has 1 saturated carbocycles. The Balaban J connectivity index is 1.49. The van der Waals surface area contributed by atoms with Gasteiger partial charge in [0, 0.05) is 19.6 Å². The van der Waals surface area contributed by atoms with Crippen molar-refractivity contribution in [1.82, 2.24) is 4.90 Å². The minimum Gasteiger partial charge on any atom is -0.497 e. The van der Waals surface area contributed by atoms with Gasteiger partial charge in [-0.05, 0) is 42.4 Å². The number of ether oxygens (including phenoxy) is 1. The van der Waals surface area contributed by atoms with Gasteiger partial charge in [-0.2, -0.15) is 0 Å². The molecule has 0 radical (unpaired) electrons. The zero-order valence-electron chi connectivity index (χ0n) is 12.0. The van der Waals surface area contributed by atoms with Crippen LogP contribution in [0, 0.1) is 11.8 Å². The molecule has 1 saturated heterocycles. The summed E-state index contributed by atoms with van der Waals surface area (Å²) >= 11 is 0. The number of benzene rings is 1. The average Bonchev–Trinajstić information content (AvgIpc) is 2.96. The Labute approximate surface area is 120 Å². The predicted molar refractivity (Wildman–Crippen MR) is 80.7 cm³/mol. The lowest BCUT2D eigenvalue weighted by atomic mass is 10.0. The van der Waals surface area contributed by atoms with Crippen LogP contribution >= 0.6 is 0 Å². The van der Waals surface area contributed by atoms with Gasteiger partial charge in [-0.3, -0.25) is 4.90 Å². The quantitative estimate of drug-likeness (QED) is 0.914. The molecule has 1 aliphatic carbocycles. The van der Waals surface area contributed by atoms with Crippen molar-refractivity contribution in [2.24, 2.45) is 11.8 Å². The van der Waals surface area contributed by atoms with Crippen molar-refractivity contribution in [1.29, 1.82) is 0 Å². The number of aliphatic hydroxyl groups is 1.